The first-order valence-corrected chi connectivity index (χ1v) is 3.27. The maximum absolute atomic E-state index is 10.2. The molecular formula is C3H6O5PTi+. The summed E-state index contributed by atoms with van der Waals surface area (Å²) in [6, 6.07) is 0. The third kappa shape index (κ3) is 8.04. The van der Waals surface area contributed by atoms with Crippen molar-refractivity contribution >= 4 is 14.4 Å². The van der Waals surface area contributed by atoms with E-state index in [4.69, 9.17) is 5.11 Å². The van der Waals surface area contributed by atoms with Crippen LogP contribution >= 0.6 is 8.25 Å². The minimum atomic E-state index is -2.47. The van der Waals surface area contributed by atoms with E-state index in [9.17, 15) is 9.36 Å². The maximum atomic E-state index is 10.2. The van der Waals surface area contributed by atoms with Gasteiger partial charge in [-0.05, 0) is 6.92 Å². The van der Waals surface area contributed by atoms with Crippen molar-refractivity contribution < 1.29 is 45.2 Å². The van der Waals surface area contributed by atoms with Gasteiger partial charge in [0.15, 0.2) is 0 Å². The Labute approximate surface area is 73.5 Å². The van der Waals surface area contributed by atoms with Crippen LogP contribution in [0.2, 0.25) is 0 Å². The number of rotatable bonds is 3. The Balaban J connectivity index is 0. The molecule has 0 aliphatic rings. The molecule has 7 heteroatoms. The van der Waals surface area contributed by atoms with Gasteiger partial charge >= 0.3 is 14.4 Å². The molecule has 0 aliphatic carbocycles. The predicted molar refractivity (Wildman–Crippen MR) is 28.3 cm³/mol. The van der Waals surface area contributed by atoms with Crippen molar-refractivity contribution in [3.8, 4) is 0 Å². The molecule has 0 fully saturated rings. The summed E-state index contributed by atoms with van der Waals surface area (Å²) >= 11 is 0. The molecule has 1 atom stereocenters. The Morgan fingerprint density at radius 2 is 2.20 bits per heavy atom. The number of hydrogen-bond acceptors (Lipinski definition) is 4. The SMILES string of the molecule is CCO[P+](=O)OC(=O)O.[Ti]. The van der Waals surface area contributed by atoms with Gasteiger partial charge in [0.1, 0.15) is 6.61 Å². The monoisotopic (exact) mass is 201 g/mol. The molecular weight excluding hydrogens is 195 g/mol. The van der Waals surface area contributed by atoms with Crippen molar-refractivity contribution in [1.29, 1.82) is 0 Å². The Kier molecular flexibility index (Phi) is 9.08. The molecule has 0 heterocycles. The quantitative estimate of drug-likeness (QED) is 0.551. The second-order valence-corrected chi connectivity index (χ2v) is 1.89. The fourth-order valence-corrected chi connectivity index (χ4v) is 0.587. The van der Waals surface area contributed by atoms with E-state index in [2.05, 4.69) is 9.05 Å². The smallest absolute Gasteiger partial charge is 0.447 e. The maximum Gasteiger partial charge on any atom is 0.756 e. The zero-order chi connectivity index (χ0) is 7.28. The zero-order valence-corrected chi connectivity index (χ0v) is 7.69. The first-order valence-electron chi connectivity index (χ1n) is 2.18. The summed E-state index contributed by atoms with van der Waals surface area (Å²) in [5.41, 5.74) is 0. The first kappa shape index (κ1) is 12.7. The Morgan fingerprint density at radius 3 is 2.50 bits per heavy atom. The number of carboxylic acid groups (broad SMARTS) is 1. The molecule has 10 heavy (non-hydrogen) atoms. The van der Waals surface area contributed by atoms with Gasteiger partial charge in [-0.3, -0.25) is 0 Å². The van der Waals surface area contributed by atoms with Crippen molar-refractivity contribution in [3.63, 3.8) is 0 Å². The fourth-order valence-electron chi connectivity index (χ4n) is 0.196. The molecule has 56 valence electrons. The van der Waals surface area contributed by atoms with Crippen molar-refractivity contribution in [2.75, 3.05) is 6.61 Å². The van der Waals surface area contributed by atoms with Gasteiger partial charge in [0.05, 0.1) is 0 Å². The second-order valence-electron chi connectivity index (χ2n) is 0.999. The molecule has 0 saturated heterocycles. The fraction of sp³-hybridized carbons (Fsp3) is 0.667. The van der Waals surface area contributed by atoms with E-state index in [0.717, 1.165) is 0 Å². The van der Waals surface area contributed by atoms with E-state index in [1.807, 2.05) is 0 Å². The van der Waals surface area contributed by atoms with Crippen LogP contribution in [0.25, 0.3) is 0 Å². The van der Waals surface area contributed by atoms with Crippen molar-refractivity contribution in [2.45, 2.75) is 6.92 Å². The van der Waals surface area contributed by atoms with Crippen LogP contribution in [0.1, 0.15) is 6.92 Å². The third-order valence-electron chi connectivity index (χ3n) is 0.387. The summed E-state index contributed by atoms with van der Waals surface area (Å²) in [7, 11) is -2.47. The summed E-state index contributed by atoms with van der Waals surface area (Å²) < 4.78 is 18.1. The molecule has 0 amide bonds. The van der Waals surface area contributed by atoms with E-state index in [1.54, 1.807) is 6.92 Å². The average Bonchev–Trinajstić information content (AvgIpc) is 1.63. The standard InChI is InChI=1S/C3H5O5P.Ti/c1-2-7-9(6)8-3(4)5;/h2H2,1H3;/p+1. The Morgan fingerprint density at radius 1 is 1.70 bits per heavy atom. The molecule has 1 N–H and O–H groups in total. The van der Waals surface area contributed by atoms with Gasteiger partial charge in [-0.25, -0.2) is 0 Å². The molecule has 0 saturated carbocycles. The van der Waals surface area contributed by atoms with E-state index in [1.165, 1.54) is 0 Å². The molecule has 0 aromatic rings. The normalized spacial score (nSPS) is 9.50. The molecule has 1 unspecified atom stereocenters. The second kappa shape index (κ2) is 7.15. The van der Waals surface area contributed by atoms with Gasteiger partial charge < -0.3 is 5.11 Å². The summed E-state index contributed by atoms with van der Waals surface area (Å²) in [5.74, 6) is 0. The van der Waals surface area contributed by atoms with Gasteiger partial charge in [0.2, 0.25) is 0 Å². The predicted octanol–water partition coefficient (Wildman–Crippen LogP) is 1.37. The topological polar surface area (TPSA) is 72.8 Å². The summed E-state index contributed by atoms with van der Waals surface area (Å²) in [5, 5.41) is 7.82. The van der Waals surface area contributed by atoms with E-state index < -0.39 is 14.4 Å². The zero-order valence-electron chi connectivity index (χ0n) is 5.23. The van der Waals surface area contributed by atoms with Gasteiger partial charge in [0.25, 0.3) is 0 Å². The van der Waals surface area contributed by atoms with Crippen LogP contribution in [0, 0.1) is 0 Å². The van der Waals surface area contributed by atoms with Crippen LogP contribution < -0.4 is 0 Å². The number of carbonyl (C=O) groups is 1. The van der Waals surface area contributed by atoms with Gasteiger partial charge in [-0.15, -0.1) is 9.05 Å². The average molecular weight is 201 g/mol. The molecule has 0 spiro atoms. The van der Waals surface area contributed by atoms with Crippen LogP contribution in [-0.4, -0.2) is 17.9 Å². The third-order valence-corrected chi connectivity index (χ3v) is 1.16. The van der Waals surface area contributed by atoms with E-state index in [-0.39, 0.29) is 28.3 Å². The Hall–Kier alpha value is 0.0443. The summed E-state index contributed by atoms with van der Waals surface area (Å²) in [4.78, 5) is 9.60. The summed E-state index contributed by atoms with van der Waals surface area (Å²) in [6.07, 6.45) is -1.59. The molecule has 0 bridgehead atoms. The molecule has 0 aromatic heterocycles. The van der Waals surface area contributed by atoms with Crippen LogP contribution in [0.15, 0.2) is 0 Å². The van der Waals surface area contributed by atoms with Crippen molar-refractivity contribution in [3.05, 3.63) is 0 Å². The van der Waals surface area contributed by atoms with Crippen LogP contribution in [0.4, 0.5) is 4.79 Å². The van der Waals surface area contributed by atoms with Crippen molar-refractivity contribution in [2.24, 2.45) is 0 Å². The van der Waals surface area contributed by atoms with Crippen LogP contribution in [0.3, 0.4) is 0 Å². The van der Waals surface area contributed by atoms with Gasteiger partial charge in [0, 0.05) is 26.3 Å². The Bertz CT molecular complexity index is 126. The minimum Gasteiger partial charge on any atom is -0.447 e. The molecule has 0 aromatic carbocycles. The number of hydrogen-bond donors (Lipinski definition) is 1. The van der Waals surface area contributed by atoms with Crippen LogP contribution in [-0.2, 0) is 35.3 Å². The summed E-state index contributed by atoms with van der Waals surface area (Å²) in [6.45, 7) is 1.75. The van der Waals surface area contributed by atoms with Crippen molar-refractivity contribution in [1.82, 2.24) is 0 Å². The first-order chi connectivity index (χ1) is 4.16. The van der Waals surface area contributed by atoms with E-state index in [0.29, 0.717) is 0 Å². The minimum absolute atomic E-state index is 0. The van der Waals surface area contributed by atoms with Gasteiger partial charge in [-0.2, -0.15) is 4.79 Å². The van der Waals surface area contributed by atoms with E-state index >= 15 is 0 Å². The molecule has 5 nitrogen and oxygen atoms in total. The van der Waals surface area contributed by atoms with Crippen LogP contribution in [0.5, 0.6) is 0 Å². The largest absolute Gasteiger partial charge is 0.756 e. The molecule has 0 rings (SSSR count). The molecule has 0 radical (unpaired) electrons. The molecule has 0 aliphatic heterocycles. The van der Waals surface area contributed by atoms with Gasteiger partial charge in [-0.1, -0.05) is 0 Å².